The molecule has 0 unspecified atom stereocenters. The largest absolute Gasteiger partial charge is 0.460 e. The van der Waals surface area contributed by atoms with Gasteiger partial charge in [0.15, 0.2) is 0 Å². The molecular weight excluding hydrogens is 198 g/mol. The van der Waals surface area contributed by atoms with Gasteiger partial charge in [-0.1, -0.05) is 0 Å². The first-order valence-electron chi connectivity index (χ1n) is 4.28. The Hall–Kier alpha value is -2.37. The number of hydrogen-bond donors (Lipinski definition) is 0. The van der Waals surface area contributed by atoms with E-state index in [-0.39, 0.29) is 0 Å². The molecule has 6 heteroatoms. The van der Waals surface area contributed by atoms with Crippen molar-refractivity contribution in [2.75, 3.05) is 0 Å². The second kappa shape index (κ2) is 2.57. The molecule has 3 rings (SSSR count). The molecule has 3 aromatic rings. The van der Waals surface area contributed by atoms with E-state index < -0.39 is 0 Å². The van der Waals surface area contributed by atoms with E-state index in [1.54, 1.807) is 18.2 Å². The molecule has 0 bridgehead atoms. The first-order chi connectivity index (χ1) is 7.27. The fraction of sp³-hybridized carbons (Fsp3) is 0. The third-order valence-electron chi connectivity index (χ3n) is 2.30. The number of aromatic nitrogens is 3. The molecule has 0 atom stereocenters. The lowest BCUT2D eigenvalue weighted by Gasteiger charge is -1.95. The summed E-state index contributed by atoms with van der Waals surface area (Å²) in [6.45, 7) is 0. The van der Waals surface area contributed by atoms with Gasteiger partial charge in [0.05, 0.1) is 15.3 Å². The van der Waals surface area contributed by atoms with Crippen LogP contribution in [0.4, 0.5) is 0 Å². The van der Waals surface area contributed by atoms with Gasteiger partial charge >= 0.3 is 0 Å². The number of nitrogens with zero attached hydrogens (tertiary/aromatic N) is 3. The van der Waals surface area contributed by atoms with Crippen LogP contribution < -0.4 is 4.43 Å². The molecule has 1 aromatic carbocycles. The van der Waals surface area contributed by atoms with Gasteiger partial charge in [-0.15, -0.1) is 0 Å². The van der Waals surface area contributed by atoms with Crippen LogP contribution in [-0.4, -0.2) is 10.1 Å². The molecule has 2 heterocycles. The predicted molar refractivity (Wildman–Crippen MR) is 51.6 cm³/mol. The summed E-state index contributed by atoms with van der Waals surface area (Å²) in [5.74, 6) is 0. The fourth-order valence-electron chi connectivity index (χ4n) is 1.61. The summed E-state index contributed by atoms with van der Waals surface area (Å²) in [4.78, 5) is 11.7. The van der Waals surface area contributed by atoms with E-state index in [2.05, 4.69) is 9.79 Å². The normalized spacial score (nSPS) is 11.2. The first kappa shape index (κ1) is 7.98. The van der Waals surface area contributed by atoms with Gasteiger partial charge in [-0.25, -0.2) is 0 Å². The van der Waals surface area contributed by atoms with Crippen LogP contribution in [0.3, 0.4) is 0 Å². The molecule has 74 valence electrons. The minimum Gasteiger partial charge on any atom is -0.460 e. The minimum atomic E-state index is 0.314. The Kier molecular flexibility index (Phi) is 1.37. The highest BCUT2D eigenvalue weighted by molar-refractivity contribution is 6.00. The molecule has 0 aliphatic rings. The van der Waals surface area contributed by atoms with Gasteiger partial charge in [-0.3, -0.25) is 0 Å². The lowest BCUT2D eigenvalue weighted by molar-refractivity contribution is -0.463. The Morgan fingerprint density at radius 1 is 1.40 bits per heavy atom. The summed E-state index contributed by atoms with van der Waals surface area (Å²) in [6.07, 6.45) is 1.39. The zero-order valence-electron chi connectivity index (χ0n) is 7.45. The van der Waals surface area contributed by atoms with Crippen LogP contribution in [0.1, 0.15) is 0 Å². The molecule has 0 saturated heterocycles. The quantitative estimate of drug-likeness (QED) is 0.511. The average Bonchev–Trinajstić information content (AvgIpc) is 2.61. The van der Waals surface area contributed by atoms with Crippen LogP contribution in [0.2, 0.25) is 0 Å². The summed E-state index contributed by atoms with van der Waals surface area (Å²) >= 11 is 0. The smallest absolute Gasteiger partial charge is 0.272 e. The van der Waals surface area contributed by atoms with Crippen LogP contribution in [0, 0.1) is 10.1 Å². The van der Waals surface area contributed by atoms with Crippen molar-refractivity contribution in [3.63, 3.8) is 0 Å². The van der Waals surface area contributed by atoms with Gasteiger partial charge in [0.1, 0.15) is 5.52 Å². The molecule has 0 amide bonds. The molecule has 6 nitrogen and oxygen atoms in total. The van der Waals surface area contributed by atoms with E-state index in [0.717, 1.165) is 4.43 Å². The maximum absolute atomic E-state index is 11.4. The van der Waals surface area contributed by atoms with Crippen molar-refractivity contribution >= 4 is 21.9 Å². The van der Waals surface area contributed by atoms with Crippen molar-refractivity contribution in [3.8, 4) is 0 Å². The van der Waals surface area contributed by atoms with Crippen LogP contribution in [-0.2, 0) is 0 Å². The highest BCUT2D eigenvalue weighted by Crippen LogP contribution is 2.20. The van der Waals surface area contributed by atoms with Crippen LogP contribution >= 0.6 is 0 Å². The molecule has 0 saturated carbocycles. The maximum atomic E-state index is 11.4. The van der Waals surface area contributed by atoms with Crippen molar-refractivity contribution in [1.82, 2.24) is 10.1 Å². The van der Waals surface area contributed by atoms with E-state index in [1.807, 2.05) is 0 Å². The van der Waals surface area contributed by atoms with Gasteiger partial charge in [-0.2, -0.15) is 10.1 Å². The van der Waals surface area contributed by atoms with E-state index >= 15 is 0 Å². The highest BCUT2D eigenvalue weighted by Gasteiger charge is 2.11. The highest BCUT2D eigenvalue weighted by atomic mass is 16.8. The molecule has 0 aliphatic carbocycles. The van der Waals surface area contributed by atoms with Gasteiger partial charge in [-0.05, 0) is 12.1 Å². The third kappa shape index (κ3) is 0.954. The summed E-state index contributed by atoms with van der Waals surface area (Å²) in [5.41, 5.74) is 1.17. The minimum absolute atomic E-state index is 0.314. The SMILES string of the molecule is O=[n+]1cccc2c3non([O-])c3ccc21. The lowest BCUT2D eigenvalue weighted by Crippen LogP contribution is -2.12. The number of fused-ring (bicyclic) bond motifs is 3. The van der Waals surface area contributed by atoms with Crippen LogP contribution in [0.5, 0.6) is 0 Å². The lowest BCUT2D eigenvalue weighted by atomic mass is 10.2. The average molecular weight is 203 g/mol. The molecule has 2 aromatic heterocycles. The topological polar surface area (TPSA) is 77.0 Å². The zero-order chi connectivity index (χ0) is 10.4. The van der Waals surface area contributed by atoms with Crippen molar-refractivity contribution < 1.29 is 9.06 Å². The molecule has 0 radical (unpaired) electrons. The zero-order valence-corrected chi connectivity index (χ0v) is 7.45. The Morgan fingerprint density at radius 2 is 2.27 bits per heavy atom. The first-order valence-corrected chi connectivity index (χ1v) is 4.28. The van der Waals surface area contributed by atoms with E-state index in [9.17, 15) is 10.1 Å². The number of hydrogen-bond acceptors (Lipinski definition) is 4. The maximum Gasteiger partial charge on any atom is 0.272 e. The molecular formula is C9H5N3O3. The molecule has 0 N–H and O–H groups in total. The molecule has 0 fully saturated rings. The van der Waals surface area contributed by atoms with Gasteiger partial charge < -0.3 is 9.84 Å². The van der Waals surface area contributed by atoms with Crippen molar-refractivity contribution in [1.29, 1.82) is 0 Å². The Bertz CT molecular complexity index is 713. The van der Waals surface area contributed by atoms with Crippen molar-refractivity contribution in [2.24, 2.45) is 0 Å². The summed E-state index contributed by atoms with van der Waals surface area (Å²) in [5, 5.41) is 15.3. The summed E-state index contributed by atoms with van der Waals surface area (Å²) in [6, 6.07) is 6.39. The predicted octanol–water partition coefficient (Wildman–Crippen LogP) is 1.04. The van der Waals surface area contributed by atoms with E-state index in [1.165, 1.54) is 12.3 Å². The van der Waals surface area contributed by atoms with Crippen molar-refractivity contribution in [2.45, 2.75) is 0 Å². The van der Waals surface area contributed by atoms with Crippen LogP contribution in [0.15, 0.2) is 35.1 Å². The Balaban J connectivity index is 2.67. The standard InChI is InChI=1S/C9H5N3O3/c13-11-5-1-2-6-7(11)3-4-8-9(6)10-15-12(8)14/h1-5H. The van der Waals surface area contributed by atoms with Gasteiger partial charge in [0.25, 0.3) is 5.52 Å². The number of rotatable bonds is 0. The number of pyridine rings is 1. The van der Waals surface area contributed by atoms with Gasteiger partial charge in [0.2, 0.25) is 6.20 Å². The second-order valence-electron chi connectivity index (χ2n) is 3.13. The molecule has 0 spiro atoms. The fourth-order valence-corrected chi connectivity index (χ4v) is 1.61. The second-order valence-corrected chi connectivity index (χ2v) is 3.13. The van der Waals surface area contributed by atoms with E-state index in [4.69, 9.17) is 0 Å². The number of benzene rings is 1. The Morgan fingerprint density at radius 3 is 3.13 bits per heavy atom. The molecule has 0 aliphatic heterocycles. The summed E-state index contributed by atoms with van der Waals surface area (Å²) < 4.78 is 5.18. The van der Waals surface area contributed by atoms with Crippen molar-refractivity contribution in [3.05, 3.63) is 40.6 Å². The Labute approximate surface area is 82.5 Å². The monoisotopic (exact) mass is 203 g/mol. The third-order valence-corrected chi connectivity index (χ3v) is 2.30. The van der Waals surface area contributed by atoms with E-state index in [0.29, 0.717) is 26.8 Å². The van der Waals surface area contributed by atoms with Gasteiger partial charge in [0, 0.05) is 17.0 Å². The summed E-state index contributed by atoms with van der Waals surface area (Å²) in [7, 11) is 0. The molecule has 15 heavy (non-hydrogen) atoms. The van der Waals surface area contributed by atoms with Crippen LogP contribution in [0.25, 0.3) is 21.9 Å².